The summed E-state index contributed by atoms with van der Waals surface area (Å²) in [6, 6.07) is 17.5. The van der Waals surface area contributed by atoms with Gasteiger partial charge in [0, 0.05) is 31.9 Å². The van der Waals surface area contributed by atoms with Crippen LogP contribution in [-0.4, -0.2) is 53.7 Å². The van der Waals surface area contributed by atoms with Crippen LogP contribution in [0.1, 0.15) is 17.4 Å². The van der Waals surface area contributed by atoms with Crippen LogP contribution >= 0.6 is 0 Å². The molecule has 5 rings (SSSR count). The Morgan fingerprint density at radius 2 is 1.83 bits per heavy atom. The van der Waals surface area contributed by atoms with Gasteiger partial charge in [0.1, 0.15) is 5.69 Å². The SMILES string of the molecule is CS(=O)(=O)N1C[C@H]2CN(Cc3cc(-c4ccccn4)no3)C[C@H]2[C@@H]1c1ccccc1. The number of likely N-dealkylation sites (tertiary alicyclic amines) is 1. The Hall–Kier alpha value is -2.55. The number of aromatic nitrogens is 2. The van der Waals surface area contributed by atoms with Gasteiger partial charge in [0.25, 0.3) is 0 Å². The molecule has 30 heavy (non-hydrogen) atoms. The molecule has 8 heteroatoms. The molecule has 0 N–H and O–H groups in total. The lowest BCUT2D eigenvalue weighted by molar-refractivity contribution is 0.235. The van der Waals surface area contributed by atoms with E-state index in [9.17, 15) is 8.42 Å². The first kappa shape index (κ1) is 19.4. The highest BCUT2D eigenvalue weighted by Crippen LogP contribution is 2.46. The maximum absolute atomic E-state index is 12.4. The molecule has 0 saturated carbocycles. The van der Waals surface area contributed by atoms with Crippen LogP contribution < -0.4 is 0 Å². The largest absolute Gasteiger partial charge is 0.359 e. The number of hydrogen-bond acceptors (Lipinski definition) is 6. The molecule has 0 unspecified atom stereocenters. The van der Waals surface area contributed by atoms with Crippen molar-refractivity contribution in [3.05, 3.63) is 72.1 Å². The Balaban J connectivity index is 1.33. The number of nitrogens with zero attached hydrogens (tertiary/aromatic N) is 4. The first-order valence-corrected chi connectivity index (χ1v) is 11.9. The summed E-state index contributed by atoms with van der Waals surface area (Å²) in [5.41, 5.74) is 2.59. The molecule has 2 aromatic heterocycles. The summed E-state index contributed by atoms with van der Waals surface area (Å²) >= 11 is 0. The second-order valence-electron chi connectivity index (χ2n) is 8.20. The topological polar surface area (TPSA) is 79.5 Å². The molecule has 4 heterocycles. The fraction of sp³-hybridized carbons (Fsp3) is 0.364. The van der Waals surface area contributed by atoms with Gasteiger partial charge in [0.2, 0.25) is 10.0 Å². The van der Waals surface area contributed by atoms with E-state index in [0.717, 1.165) is 35.8 Å². The smallest absolute Gasteiger partial charge is 0.211 e. The van der Waals surface area contributed by atoms with Crippen LogP contribution in [0.25, 0.3) is 11.4 Å². The average molecular weight is 425 g/mol. The fourth-order valence-electron chi connectivity index (χ4n) is 4.88. The first-order valence-electron chi connectivity index (χ1n) is 10.1. The standard InChI is InChI=1S/C22H24N4O3S/c1-30(27,28)26-13-17-12-25(15-19(17)22(26)16-7-3-2-4-8-16)14-18-11-21(24-29-18)20-9-5-6-10-23-20/h2-11,17,19,22H,12-15H2,1H3/t17-,19-,22+/m1/s1. The quantitative estimate of drug-likeness (QED) is 0.627. The minimum Gasteiger partial charge on any atom is -0.359 e. The summed E-state index contributed by atoms with van der Waals surface area (Å²) in [6.07, 6.45) is 3.05. The van der Waals surface area contributed by atoms with Crippen molar-refractivity contribution in [2.45, 2.75) is 12.6 Å². The van der Waals surface area contributed by atoms with E-state index in [2.05, 4.69) is 15.0 Å². The van der Waals surface area contributed by atoms with E-state index in [1.807, 2.05) is 54.6 Å². The molecule has 0 spiro atoms. The van der Waals surface area contributed by atoms with Gasteiger partial charge >= 0.3 is 0 Å². The van der Waals surface area contributed by atoms with Crippen LogP contribution in [0.4, 0.5) is 0 Å². The third-order valence-corrected chi connectivity index (χ3v) is 7.36. The molecule has 0 aliphatic carbocycles. The molecule has 2 aliphatic heterocycles. The predicted octanol–water partition coefficient (Wildman–Crippen LogP) is 2.80. The summed E-state index contributed by atoms with van der Waals surface area (Å²) in [7, 11) is -3.27. The number of hydrogen-bond donors (Lipinski definition) is 0. The van der Waals surface area contributed by atoms with Gasteiger partial charge < -0.3 is 4.52 Å². The monoisotopic (exact) mass is 424 g/mol. The highest BCUT2D eigenvalue weighted by molar-refractivity contribution is 7.88. The Morgan fingerprint density at radius 3 is 2.57 bits per heavy atom. The van der Waals surface area contributed by atoms with Crippen molar-refractivity contribution in [1.82, 2.24) is 19.3 Å². The van der Waals surface area contributed by atoms with Crippen molar-refractivity contribution in [2.75, 3.05) is 25.9 Å². The van der Waals surface area contributed by atoms with Gasteiger partial charge in [-0.2, -0.15) is 4.31 Å². The summed E-state index contributed by atoms with van der Waals surface area (Å²) in [4.78, 5) is 6.66. The number of benzene rings is 1. The Morgan fingerprint density at radius 1 is 1.03 bits per heavy atom. The van der Waals surface area contributed by atoms with Gasteiger partial charge in [-0.3, -0.25) is 9.88 Å². The van der Waals surface area contributed by atoms with Crippen LogP contribution in [-0.2, 0) is 16.6 Å². The molecule has 0 radical (unpaired) electrons. The summed E-state index contributed by atoms with van der Waals surface area (Å²) in [5.74, 6) is 1.37. The van der Waals surface area contributed by atoms with Crippen molar-refractivity contribution in [1.29, 1.82) is 0 Å². The van der Waals surface area contributed by atoms with Crippen molar-refractivity contribution in [3.63, 3.8) is 0 Å². The van der Waals surface area contributed by atoms with E-state index in [1.165, 1.54) is 6.26 Å². The average Bonchev–Trinajstić information content (AvgIpc) is 3.43. The summed E-state index contributed by atoms with van der Waals surface area (Å²) in [5, 5.41) is 4.16. The molecule has 2 aliphatic rings. The van der Waals surface area contributed by atoms with Gasteiger partial charge in [-0.05, 0) is 29.5 Å². The van der Waals surface area contributed by atoms with Crippen LogP contribution in [0.3, 0.4) is 0 Å². The minimum absolute atomic E-state index is 0.116. The zero-order valence-corrected chi connectivity index (χ0v) is 17.6. The van der Waals surface area contributed by atoms with Gasteiger partial charge in [-0.15, -0.1) is 0 Å². The predicted molar refractivity (Wildman–Crippen MR) is 113 cm³/mol. The number of sulfonamides is 1. The molecule has 1 aromatic carbocycles. The lowest BCUT2D eigenvalue weighted by atomic mass is 9.90. The van der Waals surface area contributed by atoms with Crippen molar-refractivity contribution in [3.8, 4) is 11.4 Å². The van der Waals surface area contributed by atoms with Crippen molar-refractivity contribution in [2.24, 2.45) is 11.8 Å². The number of rotatable bonds is 5. The van der Waals surface area contributed by atoms with Gasteiger partial charge in [0.15, 0.2) is 5.76 Å². The summed E-state index contributed by atoms with van der Waals surface area (Å²) < 4.78 is 32.1. The maximum Gasteiger partial charge on any atom is 0.211 e. The van der Waals surface area contributed by atoms with Gasteiger partial charge in [0.05, 0.1) is 24.5 Å². The number of fused-ring (bicyclic) bond motifs is 1. The highest BCUT2D eigenvalue weighted by Gasteiger charge is 2.50. The van der Waals surface area contributed by atoms with E-state index in [1.54, 1.807) is 10.5 Å². The first-order chi connectivity index (χ1) is 14.5. The lowest BCUT2D eigenvalue weighted by Crippen LogP contribution is -2.34. The zero-order valence-electron chi connectivity index (χ0n) is 16.8. The number of pyridine rings is 1. The third kappa shape index (κ3) is 3.66. The Kier molecular flexibility index (Phi) is 4.92. The van der Waals surface area contributed by atoms with E-state index in [0.29, 0.717) is 19.0 Å². The van der Waals surface area contributed by atoms with E-state index in [4.69, 9.17) is 4.52 Å². The van der Waals surface area contributed by atoms with E-state index in [-0.39, 0.29) is 12.0 Å². The molecule has 2 fully saturated rings. The third-order valence-electron chi connectivity index (χ3n) is 6.13. The molecular formula is C22H24N4O3S. The lowest BCUT2D eigenvalue weighted by Gasteiger charge is -2.27. The molecule has 3 atom stereocenters. The molecule has 7 nitrogen and oxygen atoms in total. The molecule has 3 aromatic rings. The highest BCUT2D eigenvalue weighted by atomic mass is 32.2. The van der Waals surface area contributed by atoms with Gasteiger partial charge in [-0.1, -0.05) is 41.6 Å². The van der Waals surface area contributed by atoms with Crippen LogP contribution in [0.5, 0.6) is 0 Å². The Bertz CT molecular complexity index is 1120. The summed E-state index contributed by atoms with van der Waals surface area (Å²) in [6.45, 7) is 2.90. The van der Waals surface area contributed by atoms with Crippen molar-refractivity contribution >= 4 is 10.0 Å². The van der Waals surface area contributed by atoms with Crippen LogP contribution in [0.15, 0.2) is 65.3 Å². The normalized spacial score (nSPS) is 24.9. The molecular weight excluding hydrogens is 400 g/mol. The second-order valence-corrected chi connectivity index (χ2v) is 10.1. The maximum atomic E-state index is 12.4. The fourth-order valence-corrected chi connectivity index (χ4v) is 6.03. The van der Waals surface area contributed by atoms with E-state index >= 15 is 0 Å². The molecule has 0 amide bonds. The van der Waals surface area contributed by atoms with E-state index < -0.39 is 10.0 Å². The van der Waals surface area contributed by atoms with Crippen LogP contribution in [0.2, 0.25) is 0 Å². The second kappa shape index (κ2) is 7.61. The minimum atomic E-state index is -3.27. The van der Waals surface area contributed by atoms with Crippen molar-refractivity contribution < 1.29 is 12.9 Å². The van der Waals surface area contributed by atoms with Crippen LogP contribution in [0, 0.1) is 11.8 Å². The molecule has 2 saturated heterocycles. The zero-order chi connectivity index (χ0) is 20.7. The van der Waals surface area contributed by atoms with Gasteiger partial charge in [-0.25, -0.2) is 8.42 Å². The molecule has 0 bridgehead atoms. The Labute approximate surface area is 176 Å². The molecule has 156 valence electrons.